The van der Waals surface area contributed by atoms with E-state index >= 15 is 0 Å². The number of benzene rings is 2. The molecule has 166 valence electrons. The fourth-order valence-corrected chi connectivity index (χ4v) is 3.24. The number of amides is 1. The smallest absolute Gasteiger partial charge is 0.412 e. The van der Waals surface area contributed by atoms with Gasteiger partial charge in [-0.25, -0.2) is 9.59 Å². The van der Waals surface area contributed by atoms with Crippen molar-refractivity contribution in [3.63, 3.8) is 0 Å². The summed E-state index contributed by atoms with van der Waals surface area (Å²) in [7, 11) is 0. The number of para-hydroxylation sites is 1. The van der Waals surface area contributed by atoms with E-state index in [2.05, 4.69) is 21.2 Å². The fourth-order valence-electron chi connectivity index (χ4n) is 2.98. The Balaban J connectivity index is 2.19. The molecule has 0 fully saturated rings. The van der Waals surface area contributed by atoms with Gasteiger partial charge in [-0.15, -0.1) is 0 Å². The number of rotatable bonds is 11. The molecule has 2 aromatic rings. The van der Waals surface area contributed by atoms with Gasteiger partial charge in [0.2, 0.25) is 0 Å². The fraction of sp³-hybridized carbons (Fsp3) is 0.304. The maximum absolute atomic E-state index is 12.6. The van der Waals surface area contributed by atoms with Gasteiger partial charge in [-0.05, 0) is 49.1 Å². The van der Waals surface area contributed by atoms with Crippen LogP contribution in [0.25, 0.3) is 0 Å². The molecule has 0 aliphatic carbocycles. The van der Waals surface area contributed by atoms with Crippen LogP contribution in [-0.4, -0.2) is 35.5 Å². The van der Waals surface area contributed by atoms with E-state index in [1.54, 1.807) is 30.3 Å². The topological polar surface area (TPSA) is 105 Å². The molecule has 0 bridgehead atoms. The van der Waals surface area contributed by atoms with Crippen molar-refractivity contribution in [2.24, 2.45) is 5.92 Å². The summed E-state index contributed by atoms with van der Waals surface area (Å²) in [4.78, 5) is 23.3. The van der Waals surface area contributed by atoms with E-state index < -0.39 is 18.2 Å². The molecule has 0 aliphatic heterocycles. The standard InChI is InChI=1S/C23H26BrNO6/c1-16(6-2-5-9-21(27)28)22(19-7-3-4-8-20(19)30-15-14-26)31-23(29)25-18-12-10-17(24)11-13-18/h3-5,7-13,16,22,26H,2,6,14-15H2,1H3,(H,25,29)(H,27,28)/b9-5+/t16-,22-/m0/s1. The second-order valence-electron chi connectivity index (χ2n) is 6.86. The summed E-state index contributed by atoms with van der Waals surface area (Å²) < 4.78 is 12.3. The molecular weight excluding hydrogens is 466 g/mol. The van der Waals surface area contributed by atoms with Gasteiger partial charge in [0.05, 0.1) is 6.61 Å². The number of hydrogen-bond acceptors (Lipinski definition) is 5. The van der Waals surface area contributed by atoms with Crippen LogP contribution in [0.2, 0.25) is 0 Å². The van der Waals surface area contributed by atoms with Crippen molar-refractivity contribution < 1.29 is 29.3 Å². The lowest BCUT2D eigenvalue weighted by Gasteiger charge is -2.26. The Kier molecular flexibility index (Phi) is 10.1. The van der Waals surface area contributed by atoms with Gasteiger partial charge >= 0.3 is 12.1 Å². The summed E-state index contributed by atoms with van der Waals surface area (Å²) in [6.45, 7) is 1.90. The van der Waals surface area contributed by atoms with Crippen LogP contribution in [0.3, 0.4) is 0 Å². The molecule has 1 amide bonds. The Morgan fingerprint density at radius 3 is 2.55 bits per heavy atom. The second-order valence-corrected chi connectivity index (χ2v) is 7.78. The lowest BCUT2D eigenvalue weighted by atomic mass is 9.92. The minimum Gasteiger partial charge on any atom is -0.491 e. The molecule has 3 N–H and O–H groups in total. The van der Waals surface area contributed by atoms with Gasteiger partial charge in [0.1, 0.15) is 18.5 Å². The third-order valence-corrected chi connectivity index (χ3v) is 4.99. The van der Waals surface area contributed by atoms with Gasteiger partial charge in [-0.1, -0.05) is 47.1 Å². The summed E-state index contributed by atoms with van der Waals surface area (Å²) in [5.41, 5.74) is 1.27. The molecule has 8 heteroatoms. The number of nitrogens with one attached hydrogen (secondary N) is 1. The van der Waals surface area contributed by atoms with Crippen LogP contribution < -0.4 is 10.1 Å². The van der Waals surface area contributed by atoms with Gasteiger partial charge in [0.15, 0.2) is 0 Å². The van der Waals surface area contributed by atoms with Crippen molar-refractivity contribution in [2.45, 2.75) is 25.9 Å². The number of halogens is 1. The molecule has 0 aliphatic rings. The molecule has 0 unspecified atom stereocenters. The van der Waals surface area contributed by atoms with Crippen LogP contribution in [0, 0.1) is 5.92 Å². The van der Waals surface area contributed by atoms with E-state index in [4.69, 9.17) is 19.7 Å². The molecule has 0 saturated heterocycles. The Labute approximate surface area is 189 Å². The van der Waals surface area contributed by atoms with Crippen LogP contribution in [0.15, 0.2) is 65.2 Å². The number of carboxylic acid groups (broad SMARTS) is 1. The van der Waals surface area contributed by atoms with Gasteiger partial charge in [-0.2, -0.15) is 0 Å². The van der Waals surface area contributed by atoms with Crippen LogP contribution in [0.4, 0.5) is 10.5 Å². The first-order valence-corrected chi connectivity index (χ1v) is 10.6. The highest BCUT2D eigenvalue weighted by atomic mass is 79.9. The number of hydrogen-bond donors (Lipinski definition) is 3. The number of aliphatic hydroxyl groups is 1. The van der Waals surface area contributed by atoms with Crippen molar-refractivity contribution in [1.29, 1.82) is 0 Å². The minimum absolute atomic E-state index is 0.116. The van der Waals surface area contributed by atoms with E-state index in [0.717, 1.165) is 10.5 Å². The summed E-state index contributed by atoms with van der Waals surface area (Å²) in [6.07, 6.45) is 2.53. The molecular formula is C23H26BrNO6. The average molecular weight is 492 g/mol. The second kappa shape index (κ2) is 12.8. The number of carbonyl (C=O) groups excluding carboxylic acids is 1. The lowest BCUT2D eigenvalue weighted by molar-refractivity contribution is -0.131. The van der Waals surface area contributed by atoms with E-state index in [1.807, 2.05) is 31.2 Å². The van der Waals surface area contributed by atoms with E-state index in [0.29, 0.717) is 29.8 Å². The van der Waals surface area contributed by atoms with E-state index in [9.17, 15) is 9.59 Å². The number of ether oxygens (including phenoxy) is 2. The monoisotopic (exact) mass is 491 g/mol. The normalized spacial score (nSPS) is 12.9. The number of aliphatic carboxylic acids is 1. The first-order valence-electron chi connectivity index (χ1n) is 9.86. The molecule has 2 aromatic carbocycles. The van der Waals surface area contributed by atoms with Gasteiger partial charge < -0.3 is 19.7 Å². The maximum Gasteiger partial charge on any atom is 0.412 e. The van der Waals surface area contributed by atoms with Gasteiger partial charge in [0.25, 0.3) is 0 Å². The molecule has 31 heavy (non-hydrogen) atoms. The zero-order valence-electron chi connectivity index (χ0n) is 17.2. The van der Waals surface area contributed by atoms with Crippen molar-refractivity contribution in [2.75, 3.05) is 18.5 Å². The number of carbonyl (C=O) groups is 2. The highest BCUT2D eigenvalue weighted by Gasteiger charge is 2.26. The molecule has 2 rings (SSSR count). The number of anilines is 1. The number of carboxylic acids is 1. The maximum atomic E-state index is 12.6. The van der Waals surface area contributed by atoms with Crippen LogP contribution in [-0.2, 0) is 9.53 Å². The van der Waals surface area contributed by atoms with Gasteiger partial charge in [-0.3, -0.25) is 5.32 Å². The Morgan fingerprint density at radius 1 is 1.16 bits per heavy atom. The predicted molar refractivity (Wildman–Crippen MR) is 121 cm³/mol. The zero-order chi connectivity index (χ0) is 22.6. The molecule has 0 radical (unpaired) electrons. The molecule has 7 nitrogen and oxygen atoms in total. The Bertz CT molecular complexity index is 884. The third kappa shape index (κ3) is 8.43. The summed E-state index contributed by atoms with van der Waals surface area (Å²) in [6, 6.07) is 14.3. The van der Waals surface area contributed by atoms with Gasteiger partial charge in [0, 0.05) is 21.8 Å². The Morgan fingerprint density at radius 2 is 1.87 bits per heavy atom. The summed E-state index contributed by atoms with van der Waals surface area (Å²) in [5, 5.41) is 20.6. The lowest BCUT2D eigenvalue weighted by Crippen LogP contribution is -2.22. The van der Waals surface area contributed by atoms with Crippen LogP contribution >= 0.6 is 15.9 Å². The van der Waals surface area contributed by atoms with E-state index in [-0.39, 0.29) is 19.1 Å². The van der Waals surface area contributed by atoms with Crippen molar-refractivity contribution in [1.82, 2.24) is 0 Å². The zero-order valence-corrected chi connectivity index (χ0v) is 18.7. The number of aliphatic hydroxyl groups excluding tert-OH is 1. The summed E-state index contributed by atoms with van der Waals surface area (Å²) >= 11 is 3.35. The van der Waals surface area contributed by atoms with E-state index in [1.165, 1.54) is 0 Å². The largest absolute Gasteiger partial charge is 0.491 e. The third-order valence-electron chi connectivity index (χ3n) is 4.46. The van der Waals surface area contributed by atoms with Crippen molar-refractivity contribution >= 4 is 33.7 Å². The first-order chi connectivity index (χ1) is 14.9. The highest BCUT2D eigenvalue weighted by molar-refractivity contribution is 9.10. The molecule has 2 atom stereocenters. The Hall–Kier alpha value is -2.84. The van der Waals surface area contributed by atoms with Crippen LogP contribution in [0.5, 0.6) is 5.75 Å². The predicted octanol–water partition coefficient (Wildman–Crippen LogP) is 5.17. The van der Waals surface area contributed by atoms with Crippen molar-refractivity contribution in [3.8, 4) is 5.75 Å². The minimum atomic E-state index is -1.00. The SMILES string of the molecule is C[C@@H](CC/C=C/C(=O)O)[C@H](OC(=O)Nc1ccc(Br)cc1)c1ccccc1OCCO. The molecule has 0 saturated carbocycles. The molecule has 0 heterocycles. The van der Waals surface area contributed by atoms with Crippen LogP contribution in [0.1, 0.15) is 31.4 Å². The first kappa shape index (κ1) is 24.4. The highest BCUT2D eigenvalue weighted by Crippen LogP contribution is 2.35. The average Bonchev–Trinajstić information content (AvgIpc) is 2.75. The summed E-state index contributed by atoms with van der Waals surface area (Å²) in [5.74, 6) is -0.615. The number of allylic oxidation sites excluding steroid dienone is 1. The molecule has 0 spiro atoms. The molecule has 0 aromatic heterocycles. The quantitative estimate of drug-likeness (QED) is 0.374. The van der Waals surface area contributed by atoms with Crippen molar-refractivity contribution in [3.05, 3.63) is 70.7 Å².